The van der Waals surface area contributed by atoms with E-state index in [1.165, 1.54) is 30.8 Å². The molecule has 2 aromatic heterocycles. The second-order valence-corrected chi connectivity index (χ2v) is 10.5. The standard InChI is InChI=1S/C28H34F2N4O3/c1-16(19-9-8-10-20(17(2)29)24(19)30)13-23-21-14-22(26(36)33(6)25(21)32-15-31-23)28(37-7)11-12-34(18(3)35)27(28,4)5/h8-10,14-17H,11-13H2,1-7H3/t16-,17?,28?/m0/s1. The van der Waals surface area contributed by atoms with Gasteiger partial charge in [0.05, 0.1) is 16.8 Å². The average molecular weight is 513 g/mol. The van der Waals surface area contributed by atoms with Gasteiger partial charge in [-0.25, -0.2) is 18.7 Å². The molecule has 1 aromatic carbocycles. The first-order valence-corrected chi connectivity index (χ1v) is 12.5. The lowest BCUT2D eigenvalue weighted by Gasteiger charge is -2.43. The molecule has 0 spiro atoms. The number of ether oxygens (including phenoxy) is 1. The zero-order valence-corrected chi connectivity index (χ0v) is 22.4. The highest BCUT2D eigenvalue weighted by Gasteiger charge is 2.57. The zero-order valence-electron chi connectivity index (χ0n) is 22.4. The number of likely N-dealkylation sites (tertiary alicyclic amines) is 1. The van der Waals surface area contributed by atoms with Crippen LogP contribution in [0.2, 0.25) is 0 Å². The third kappa shape index (κ3) is 4.13. The Kier molecular flexibility index (Phi) is 6.96. The van der Waals surface area contributed by atoms with E-state index >= 15 is 4.39 Å². The summed E-state index contributed by atoms with van der Waals surface area (Å²) in [6.45, 7) is 8.95. The number of carbonyl (C=O) groups is 1. The molecule has 1 fully saturated rings. The Balaban J connectivity index is 1.86. The first kappa shape index (κ1) is 26.9. The number of amides is 1. The van der Waals surface area contributed by atoms with Gasteiger partial charge in [0.2, 0.25) is 5.91 Å². The first-order chi connectivity index (χ1) is 17.4. The fourth-order valence-corrected chi connectivity index (χ4v) is 5.98. The van der Waals surface area contributed by atoms with Gasteiger partial charge in [-0.2, -0.15) is 0 Å². The summed E-state index contributed by atoms with van der Waals surface area (Å²) in [6.07, 6.45) is 0.776. The summed E-state index contributed by atoms with van der Waals surface area (Å²) in [6, 6.07) is 6.54. The first-order valence-electron chi connectivity index (χ1n) is 12.5. The highest BCUT2D eigenvalue weighted by Crippen LogP contribution is 2.47. The number of hydrogen-bond donors (Lipinski definition) is 0. The van der Waals surface area contributed by atoms with Gasteiger partial charge in [-0.15, -0.1) is 0 Å². The van der Waals surface area contributed by atoms with Crippen LogP contribution >= 0.6 is 0 Å². The molecule has 2 unspecified atom stereocenters. The van der Waals surface area contributed by atoms with Crippen LogP contribution in [0.4, 0.5) is 8.78 Å². The van der Waals surface area contributed by atoms with Crippen molar-refractivity contribution in [2.75, 3.05) is 13.7 Å². The summed E-state index contributed by atoms with van der Waals surface area (Å²) >= 11 is 0. The lowest BCUT2D eigenvalue weighted by molar-refractivity contribution is -0.140. The van der Waals surface area contributed by atoms with Gasteiger partial charge in [0.1, 0.15) is 29.6 Å². The van der Waals surface area contributed by atoms with Crippen LogP contribution in [0.1, 0.15) is 75.5 Å². The van der Waals surface area contributed by atoms with Crippen molar-refractivity contribution in [1.82, 2.24) is 19.4 Å². The Labute approximate surface area is 215 Å². The zero-order chi connectivity index (χ0) is 27.3. The Bertz CT molecular complexity index is 1420. The largest absolute Gasteiger partial charge is 0.371 e. The van der Waals surface area contributed by atoms with E-state index in [-0.39, 0.29) is 22.9 Å². The number of benzene rings is 1. The van der Waals surface area contributed by atoms with Crippen molar-refractivity contribution in [2.45, 2.75) is 70.7 Å². The molecule has 3 atom stereocenters. The number of rotatable bonds is 6. The van der Waals surface area contributed by atoms with Crippen LogP contribution in [0.3, 0.4) is 0 Å². The number of alkyl halides is 1. The Morgan fingerprint density at radius 3 is 2.49 bits per heavy atom. The summed E-state index contributed by atoms with van der Waals surface area (Å²) in [5, 5.41) is 0.648. The van der Waals surface area contributed by atoms with Gasteiger partial charge in [0, 0.05) is 45.0 Å². The van der Waals surface area contributed by atoms with Gasteiger partial charge in [-0.3, -0.25) is 14.2 Å². The fraction of sp³-hybridized carbons (Fsp3) is 0.500. The van der Waals surface area contributed by atoms with Crippen LogP contribution < -0.4 is 5.56 Å². The lowest BCUT2D eigenvalue weighted by atomic mass is 9.77. The van der Waals surface area contributed by atoms with E-state index in [1.54, 1.807) is 37.3 Å². The molecule has 3 heterocycles. The SMILES string of the molecule is COC1(c2cc3c(C[C@H](C)c4cccc(C(C)F)c4F)ncnc3n(C)c2=O)CCN(C(C)=O)C1(C)C. The number of aromatic nitrogens is 3. The van der Waals surface area contributed by atoms with Gasteiger partial charge in [-0.05, 0) is 44.7 Å². The number of methoxy groups -OCH3 is 1. The van der Waals surface area contributed by atoms with Crippen LogP contribution in [-0.2, 0) is 28.6 Å². The number of hydrogen-bond acceptors (Lipinski definition) is 5. The van der Waals surface area contributed by atoms with Gasteiger partial charge in [-0.1, -0.05) is 25.1 Å². The van der Waals surface area contributed by atoms with Crippen molar-refractivity contribution in [2.24, 2.45) is 7.05 Å². The van der Waals surface area contributed by atoms with Crippen molar-refractivity contribution in [3.05, 3.63) is 69.1 Å². The molecule has 3 aromatic rings. The highest BCUT2D eigenvalue weighted by atomic mass is 19.1. The minimum atomic E-state index is -1.42. The highest BCUT2D eigenvalue weighted by molar-refractivity contribution is 5.79. The van der Waals surface area contributed by atoms with Crippen molar-refractivity contribution in [3.63, 3.8) is 0 Å². The number of halogens is 2. The van der Waals surface area contributed by atoms with E-state index in [0.29, 0.717) is 47.2 Å². The third-order valence-electron chi connectivity index (χ3n) is 8.12. The van der Waals surface area contributed by atoms with Crippen molar-refractivity contribution < 1.29 is 18.3 Å². The maximum atomic E-state index is 15.1. The molecule has 0 radical (unpaired) electrons. The van der Waals surface area contributed by atoms with Crippen molar-refractivity contribution >= 4 is 16.9 Å². The molecule has 4 rings (SSSR count). The lowest BCUT2D eigenvalue weighted by Crippen LogP contribution is -2.56. The molecule has 0 N–H and O–H groups in total. The van der Waals surface area contributed by atoms with Crippen LogP contribution in [0, 0.1) is 5.82 Å². The molecule has 0 bridgehead atoms. The maximum Gasteiger partial charge on any atom is 0.258 e. The van der Waals surface area contributed by atoms with Crippen LogP contribution in [0.25, 0.3) is 11.0 Å². The van der Waals surface area contributed by atoms with E-state index in [1.807, 2.05) is 20.8 Å². The normalized spacial score (nSPS) is 20.8. The summed E-state index contributed by atoms with van der Waals surface area (Å²) < 4.78 is 36.6. The summed E-state index contributed by atoms with van der Waals surface area (Å²) in [5.41, 5.74) is -0.159. The second-order valence-electron chi connectivity index (χ2n) is 10.5. The summed E-state index contributed by atoms with van der Waals surface area (Å²) in [4.78, 5) is 36.6. The van der Waals surface area contributed by atoms with Crippen molar-refractivity contribution in [1.29, 1.82) is 0 Å². The molecule has 1 aliphatic rings. The monoisotopic (exact) mass is 512 g/mol. The molecule has 37 heavy (non-hydrogen) atoms. The molecule has 1 saturated heterocycles. The minimum Gasteiger partial charge on any atom is -0.371 e. The van der Waals surface area contributed by atoms with E-state index in [2.05, 4.69) is 9.97 Å². The van der Waals surface area contributed by atoms with Crippen molar-refractivity contribution in [3.8, 4) is 0 Å². The van der Waals surface area contributed by atoms with Crippen LogP contribution in [0.15, 0.2) is 35.4 Å². The van der Waals surface area contributed by atoms with Crippen LogP contribution in [0.5, 0.6) is 0 Å². The summed E-state index contributed by atoms with van der Waals surface area (Å²) in [7, 11) is 3.20. The average Bonchev–Trinajstić information content (AvgIpc) is 3.12. The molecule has 0 aliphatic carbocycles. The molecular weight excluding hydrogens is 478 g/mol. The van der Waals surface area contributed by atoms with Gasteiger partial charge >= 0.3 is 0 Å². The topological polar surface area (TPSA) is 77.3 Å². The van der Waals surface area contributed by atoms with Gasteiger partial charge < -0.3 is 9.64 Å². The van der Waals surface area contributed by atoms with Gasteiger partial charge in [0.15, 0.2) is 0 Å². The molecule has 0 saturated carbocycles. The number of carbonyl (C=O) groups excluding carboxylic acids is 1. The molecule has 1 amide bonds. The third-order valence-corrected chi connectivity index (χ3v) is 8.12. The van der Waals surface area contributed by atoms with Gasteiger partial charge in [0.25, 0.3) is 5.56 Å². The molecule has 7 nitrogen and oxygen atoms in total. The van der Waals surface area contributed by atoms with Crippen LogP contribution in [-0.4, -0.2) is 44.5 Å². The summed E-state index contributed by atoms with van der Waals surface area (Å²) in [5.74, 6) is -0.956. The van der Waals surface area contributed by atoms with E-state index in [0.717, 1.165) is 0 Å². The minimum absolute atomic E-state index is 0.0297. The number of nitrogens with zero attached hydrogens (tertiary/aromatic N) is 4. The molecule has 9 heteroatoms. The molecule has 198 valence electrons. The molecule has 1 aliphatic heterocycles. The van der Waals surface area contributed by atoms with E-state index < -0.39 is 23.1 Å². The maximum absolute atomic E-state index is 15.1. The second kappa shape index (κ2) is 9.59. The quantitative estimate of drug-likeness (QED) is 0.478. The number of fused-ring (bicyclic) bond motifs is 1. The number of aryl methyl sites for hydroxylation is 1. The Morgan fingerprint density at radius 1 is 1.22 bits per heavy atom. The predicted octanol–water partition coefficient (Wildman–Crippen LogP) is 4.72. The van der Waals surface area contributed by atoms with E-state index in [9.17, 15) is 14.0 Å². The van der Waals surface area contributed by atoms with E-state index in [4.69, 9.17) is 4.74 Å². The fourth-order valence-electron chi connectivity index (χ4n) is 5.98. The number of pyridine rings is 1. The molecular formula is C28H34F2N4O3. The Morgan fingerprint density at radius 2 is 1.89 bits per heavy atom. The Hall–Kier alpha value is -3.20. The smallest absolute Gasteiger partial charge is 0.258 e. The predicted molar refractivity (Wildman–Crippen MR) is 138 cm³/mol.